The zero-order chi connectivity index (χ0) is 21.1. The number of fused-ring (bicyclic) bond motifs is 1. The van der Waals surface area contributed by atoms with E-state index in [4.69, 9.17) is 30.5 Å². The zero-order valence-electron chi connectivity index (χ0n) is 17.3. The second-order valence-corrected chi connectivity index (χ2v) is 7.74. The molecule has 0 spiro atoms. The molecule has 0 N–H and O–H groups in total. The summed E-state index contributed by atoms with van der Waals surface area (Å²) in [5, 5.41) is 0.367. The summed E-state index contributed by atoms with van der Waals surface area (Å²) >= 11 is 6.38. The highest BCUT2D eigenvalue weighted by atomic mass is 35.5. The number of halogens is 1. The molecule has 7 heteroatoms. The Morgan fingerprint density at radius 3 is 2.73 bits per heavy atom. The SMILES string of the molecule is CCOc1c(Cl)cc(C(=O)N2CCC[C@@H]2c2ccc3c(c2)OCCCO3)cc1OC. The monoisotopic (exact) mass is 431 g/mol. The van der Waals surface area contributed by atoms with Gasteiger partial charge < -0.3 is 23.8 Å². The minimum Gasteiger partial charge on any atom is -0.493 e. The molecule has 2 aliphatic rings. The third-order valence-corrected chi connectivity index (χ3v) is 5.72. The Balaban J connectivity index is 1.62. The van der Waals surface area contributed by atoms with Crippen LogP contribution in [-0.2, 0) is 0 Å². The fraction of sp³-hybridized carbons (Fsp3) is 0.435. The molecule has 30 heavy (non-hydrogen) atoms. The molecule has 0 aromatic heterocycles. The molecular formula is C23H26ClNO5. The Bertz CT molecular complexity index is 932. The molecule has 1 amide bonds. The molecule has 0 saturated carbocycles. The van der Waals surface area contributed by atoms with E-state index in [0.717, 1.165) is 36.3 Å². The van der Waals surface area contributed by atoms with Crippen molar-refractivity contribution in [2.24, 2.45) is 0 Å². The van der Waals surface area contributed by atoms with Crippen molar-refractivity contribution in [1.82, 2.24) is 4.90 Å². The van der Waals surface area contributed by atoms with E-state index in [0.29, 0.717) is 48.5 Å². The van der Waals surface area contributed by atoms with Crippen LogP contribution in [-0.4, -0.2) is 44.3 Å². The predicted octanol–water partition coefficient (Wildman–Crippen LogP) is 4.89. The van der Waals surface area contributed by atoms with E-state index in [1.807, 2.05) is 30.0 Å². The second kappa shape index (κ2) is 9.04. The molecule has 4 rings (SSSR count). The molecule has 0 radical (unpaired) electrons. The van der Waals surface area contributed by atoms with Crippen molar-refractivity contribution in [3.8, 4) is 23.0 Å². The van der Waals surface area contributed by atoms with Gasteiger partial charge in [-0.05, 0) is 49.6 Å². The Hall–Kier alpha value is -2.60. The van der Waals surface area contributed by atoms with Crippen LogP contribution < -0.4 is 18.9 Å². The third kappa shape index (κ3) is 4.01. The number of likely N-dealkylation sites (tertiary alicyclic amines) is 1. The number of carbonyl (C=O) groups excluding carboxylic acids is 1. The van der Waals surface area contributed by atoms with Crippen LogP contribution in [0.1, 0.15) is 48.1 Å². The van der Waals surface area contributed by atoms with Gasteiger partial charge in [0.25, 0.3) is 5.91 Å². The van der Waals surface area contributed by atoms with Crippen LogP contribution in [0.5, 0.6) is 23.0 Å². The first-order valence-electron chi connectivity index (χ1n) is 10.3. The lowest BCUT2D eigenvalue weighted by Gasteiger charge is -2.26. The molecule has 2 aromatic carbocycles. The predicted molar refractivity (Wildman–Crippen MR) is 114 cm³/mol. The molecule has 1 atom stereocenters. The van der Waals surface area contributed by atoms with E-state index in [2.05, 4.69) is 0 Å². The van der Waals surface area contributed by atoms with Crippen LogP contribution >= 0.6 is 11.6 Å². The fourth-order valence-electron chi connectivity index (χ4n) is 4.04. The average molecular weight is 432 g/mol. The van der Waals surface area contributed by atoms with Crippen LogP contribution in [0.25, 0.3) is 0 Å². The van der Waals surface area contributed by atoms with E-state index in [-0.39, 0.29) is 11.9 Å². The minimum atomic E-state index is -0.0761. The smallest absolute Gasteiger partial charge is 0.254 e. The molecule has 2 heterocycles. The number of benzene rings is 2. The van der Waals surface area contributed by atoms with Crippen molar-refractivity contribution in [1.29, 1.82) is 0 Å². The summed E-state index contributed by atoms with van der Waals surface area (Å²) in [4.78, 5) is 15.3. The van der Waals surface area contributed by atoms with Crippen LogP contribution in [0.15, 0.2) is 30.3 Å². The fourth-order valence-corrected chi connectivity index (χ4v) is 4.30. The van der Waals surface area contributed by atoms with Gasteiger partial charge in [0.05, 0.1) is 38.0 Å². The van der Waals surface area contributed by atoms with Gasteiger partial charge in [0.15, 0.2) is 23.0 Å². The molecule has 0 aliphatic carbocycles. The van der Waals surface area contributed by atoms with Crippen molar-refractivity contribution in [2.45, 2.75) is 32.2 Å². The first-order valence-corrected chi connectivity index (χ1v) is 10.7. The van der Waals surface area contributed by atoms with E-state index in [1.165, 1.54) is 0 Å². The Morgan fingerprint density at radius 1 is 1.17 bits per heavy atom. The number of ether oxygens (including phenoxy) is 4. The first-order chi connectivity index (χ1) is 14.6. The average Bonchev–Trinajstić information content (AvgIpc) is 3.13. The summed E-state index contributed by atoms with van der Waals surface area (Å²) in [6.07, 6.45) is 2.69. The van der Waals surface area contributed by atoms with Gasteiger partial charge >= 0.3 is 0 Å². The standard InChI is InChI=1S/C23H26ClNO5/c1-3-28-22-17(24)12-16(14-21(22)27-2)23(26)25-9-4-6-18(25)15-7-8-19-20(13-15)30-11-5-10-29-19/h7-8,12-14,18H,3-6,9-11H2,1-2H3/t18-/m1/s1. The topological polar surface area (TPSA) is 57.2 Å². The molecule has 1 saturated heterocycles. The number of hydrogen-bond donors (Lipinski definition) is 0. The lowest BCUT2D eigenvalue weighted by atomic mass is 10.0. The normalized spacial score (nSPS) is 18.1. The highest BCUT2D eigenvalue weighted by Gasteiger charge is 2.32. The van der Waals surface area contributed by atoms with Crippen LogP contribution in [0.3, 0.4) is 0 Å². The van der Waals surface area contributed by atoms with Gasteiger partial charge in [-0.15, -0.1) is 0 Å². The van der Waals surface area contributed by atoms with Crippen LogP contribution in [0, 0.1) is 0 Å². The summed E-state index contributed by atoms with van der Waals surface area (Å²) in [7, 11) is 1.54. The number of carbonyl (C=O) groups is 1. The largest absolute Gasteiger partial charge is 0.493 e. The molecule has 2 aliphatic heterocycles. The number of hydrogen-bond acceptors (Lipinski definition) is 5. The molecule has 6 nitrogen and oxygen atoms in total. The summed E-state index contributed by atoms with van der Waals surface area (Å²) in [5.74, 6) is 2.34. The van der Waals surface area contributed by atoms with Crippen LogP contribution in [0.4, 0.5) is 0 Å². The molecular weight excluding hydrogens is 406 g/mol. The Morgan fingerprint density at radius 2 is 1.97 bits per heavy atom. The summed E-state index contributed by atoms with van der Waals surface area (Å²) < 4.78 is 22.5. The van der Waals surface area contributed by atoms with Crippen molar-refractivity contribution in [3.63, 3.8) is 0 Å². The molecule has 1 fully saturated rings. The van der Waals surface area contributed by atoms with Gasteiger partial charge in [0, 0.05) is 18.5 Å². The lowest BCUT2D eigenvalue weighted by molar-refractivity contribution is 0.0735. The van der Waals surface area contributed by atoms with Gasteiger partial charge in [-0.3, -0.25) is 4.79 Å². The third-order valence-electron chi connectivity index (χ3n) is 5.44. The number of nitrogens with zero attached hydrogens (tertiary/aromatic N) is 1. The molecule has 2 aromatic rings. The number of rotatable bonds is 5. The van der Waals surface area contributed by atoms with Gasteiger partial charge in [-0.1, -0.05) is 17.7 Å². The lowest BCUT2D eigenvalue weighted by Crippen LogP contribution is -2.30. The number of amides is 1. The highest BCUT2D eigenvalue weighted by Crippen LogP contribution is 2.40. The van der Waals surface area contributed by atoms with Gasteiger partial charge in [0.2, 0.25) is 0 Å². The van der Waals surface area contributed by atoms with Crippen LogP contribution in [0.2, 0.25) is 5.02 Å². The summed E-state index contributed by atoms with van der Waals surface area (Å²) in [6.45, 7) is 4.31. The number of methoxy groups -OCH3 is 1. The zero-order valence-corrected chi connectivity index (χ0v) is 18.0. The van der Waals surface area contributed by atoms with Crippen molar-refractivity contribution in [2.75, 3.05) is 33.5 Å². The van der Waals surface area contributed by atoms with Crippen molar-refractivity contribution in [3.05, 3.63) is 46.5 Å². The van der Waals surface area contributed by atoms with Gasteiger partial charge in [0.1, 0.15) is 0 Å². The molecule has 0 bridgehead atoms. The minimum absolute atomic E-state index is 0.0222. The Labute approximate surface area is 181 Å². The maximum absolute atomic E-state index is 13.4. The second-order valence-electron chi connectivity index (χ2n) is 7.34. The van der Waals surface area contributed by atoms with Crippen molar-refractivity contribution >= 4 is 17.5 Å². The Kier molecular flexibility index (Phi) is 6.23. The summed E-state index contributed by atoms with van der Waals surface area (Å²) in [6, 6.07) is 9.29. The van der Waals surface area contributed by atoms with Gasteiger partial charge in [-0.25, -0.2) is 0 Å². The molecule has 0 unspecified atom stereocenters. The molecule has 160 valence electrons. The quantitative estimate of drug-likeness (QED) is 0.674. The highest BCUT2D eigenvalue weighted by molar-refractivity contribution is 6.32. The summed E-state index contributed by atoms with van der Waals surface area (Å²) in [5.41, 5.74) is 1.54. The van der Waals surface area contributed by atoms with Gasteiger partial charge in [-0.2, -0.15) is 0 Å². The van der Waals surface area contributed by atoms with E-state index in [1.54, 1.807) is 19.2 Å². The van der Waals surface area contributed by atoms with E-state index >= 15 is 0 Å². The first kappa shape index (κ1) is 20.7. The van der Waals surface area contributed by atoms with Crippen molar-refractivity contribution < 1.29 is 23.7 Å². The maximum atomic E-state index is 13.4. The maximum Gasteiger partial charge on any atom is 0.254 e. The van der Waals surface area contributed by atoms with E-state index < -0.39 is 0 Å². The van der Waals surface area contributed by atoms with E-state index in [9.17, 15) is 4.79 Å².